The van der Waals surface area contributed by atoms with E-state index in [0.29, 0.717) is 37.2 Å². The topological polar surface area (TPSA) is 93.8 Å². The van der Waals surface area contributed by atoms with Crippen LogP contribution in [-0.2, 0) is 38.9 Å². The van der Waals surface area contributed by atoms with Crippen LogP contribution in [-0.4, -0.2) is 52.5 Å². The number of carbonyl (C=O) groups excluding carboxylic acids is 1. The van der Waals surface area contributed by atoms with Gasteiger partial charge in [-0.3, -0.25) is 4.79 Å². The quantitative estimate of drug-likeness (QED) is 0.481. The van der Waals surface area contributed by atoms with E-state index >= 15 is 0 Å². The molecular weight excluding hydrogens is 428 g/mol. The number of benzene rings is 1. The first-order chi connectivity index (χ1) is 16.7. The minimum atomic E-state index is -0.0575. The average Bonchev–Trinajstić information content (AvgIpc) is 3.62. The monoisotopic (exact) mass is 454 g/mol. The summed E-state index contributed by atoms with van der Waals surface area (Å²) in [6.07, 6.45) is 13.5. The molecule has 0 spiro atoms. The third-order valence-electron chi connectivity index (χ3n) is 6.63. The van der Waals surface area contributed by atoms with Gasteiger partial charge in [0.25, 0.3) is 5.91 Å². The highest BCUT2D eigenvalue weighted by molar-refractivity contribution is 5.92. The molecule has 1 aliphatic heterocycles. The average molecular weight is 455 g/mol. The Labute approximate surface area is 197 Å². The van der Waals surface area contributed by atoms with Gasteiger partial charge in [0.05, 0.1) is 18.3 Å². The first-order valence-corrected chi connectivity index (χ1v) is 11.7. The van der Waals surface area contributed by atoms with Crippen molar-refractivity contribution < 1.29 is 4.79 Å². The molecule has 0 radical (unpaired) electrons. The maximum absolute atomic E-state index is 13.0. The predicted octanol–water partition coefficient (Wildman–Crippen LogP) is 2.35. The molecule has 1 aliphatic carbocycles. The van der Waals surface area contributed by atoms with Crippen LogP contribution >= 0.6 is 0 Å². The number of hydrogen-bond donors (Lipinski definition) is 1. The molecule has 4 aromatic rings. The largest absolute Gasteiger partial charge is 0.351 e. The number of carbonyl (C=O) groups is 1. The van der Waals surface area contributed by atoms with Gasteiger partial charge in [-0.1, -0.05) is 24.3 Å². The van der Waals surface area contributed by atoms with Crippen LogP contribution in [0.25, 0.3) is 0 Å². The Bertz CT molecular complexity index is 1290. The van der Waals surface area contributed by atoms with Crippen molar-refractivity contribution in [1.29, 1.82) is 0 Å². The van der Waals surface area contributed by atoms with Crippen molar-refractivity contribution >= 4 is 11.9 Å². The fourth-order valence-electron chi connectivity index (χ4n) is 4.81. The molecule has 1 aromatic carbocycles. The van der Waals surface area contributed by atoms with E-state index in [1.165, 1.54) is 11.1 Å². The summed E-state index contributed by atoms with van der Waals surface area (Å²) in [5, 5.41) is 3.50. The van der Waals surface area contributed by atoms with Gasteiger partial charge in [-0.2, -0.15) is 0 Å². The summed E-state index contributed by atoms with van der Waals surface area (Å²) < 4.78 is 3.94. The zero-order valence-electron chi connectivity index (χ0n) is 18.8. The van der Waals surface area contributed by atoms with Gasteiger partial charge < -0.3 is 19.4 Å². The van der Waals surface area contributed by atoms with E-state index in [9.17, 15) is 4.79 Å². The molecular formula is C25H26N8O. The van der Waals surface area contributed by atoms with E-state index in [1.807, 2.05) is 32.6 Å². The summed E-state index contributed by atoms with van der Waals surface area (Å²) >= 11 is 0. The molecule has 0 unspecified atom stereocenters. The number of nitrogens with zero attached hydrogens (tertiary/aromatic N) is 7. The van der Waals surface area contributed by atoms with Gasteiger partial charge in [-0.05, 0) is 24.0 Å². The minimum Gasteiger partial charge on any atom is -0.351 e. The molecule has 0 fully saturated rings. The molecule has 1 N–H and O–H groups in total. The number of rotatable bonds is 6. The first-order valence-electron chi connectivity index (χ1n) is 11.7. The second-order valence-electron chi connectivity index (χ2n) is 8.96. The standard InChI is InChI=1S/C25H26N8O/c34-24(23-15-32(17-28-23)10-9-31-8-6-26-16-31)33-7-5-22-20(14-33)13-27-25(30-22)29-21-11-18-3-1-2-4-19(18)12-21/h1-4,6,8,13,15-17,21H,5,7,9-12,14H2,(H,27,29,30). The maximum Gasteiger partial charge on any atom is 0.274 e. The zero-order valence-corrected chi connectivity index (χ0v) is 18.8. The summed E-state index contributed by atoms with van der Waals surface area (Å²) in [5.74, 6) is 0.617. The molecule has 6 rings (SSSR count). The van der Waals surface area contributed by atoms with Crippen LogP contribution in [0, 0.1) is 0 Å². The lowest BCUT2D eigenvalue weighted by atomic mass is 10.1. The number of imidazole rings is 2. The number of aryl methyl sites for hydroxylation is 2. The molecule has 0 bridgehead atoms. The fraction of sp³-hybridized carbons (Fsp3) is 0.320. The highest BCUT2D eigenvalue weighted by atomic mass is 16.2. The number of anilines is 1. The van der Waals surface area contributed by atoms with Crippen molar-refractivity contribution in [3.63, 3.8) is 0 Å². The molecule has 0 atom stereocenters. The number of aromatic nitrogens is 6. The van der Waals surface area contributed by atoms with Crippen molar-refractivity contribution in [3.8, 4) is 0 Å². The van der Waals surface area contributed by atoms with Gasteiger partial charge >= 0.3 is 0 Å². The smallest absolute Gasteiger partial charge is 0.274 e. The van der Waals surface area contributed by atoms with Gasteiger partial charge in [-0.15, -0.1) is 0 Å². The Hall–Kier alpha value is -4.01. The number of nitrogens with one attached hydrogen (secondary N) is 1. The Morgan fingerprint density at radius 1 is 1.03 bits per heavy atom. The fourth-order valence-corrected chi connectivity index (χ4v) is 4.81. The summed E-state index contributed by atoms with van der Waals surface area (Å²) in [6.45, 7) is 2.64. The van der Waals surface area contributed by atoms with Crippen LogP contribution in [0.15, 0.2) is 61.7 Å². The van der Waals surface area contributed by atoms with E-state index in [2.05, 4.69) is 44.5 Å². The normalized spacial score (nSPS) is 15.2. The Kier molecular flexibility index (Phi) is 5.29. The molecule has 0 saturated carbocycles. The summed E-state index contributed by atoms with van der Waals surface area (Å²) in [5.41, 5.74) is 5.28. The van der Waals surface area contributed by atoms with Crippen LogP contribution < -0.4 is 5.32 Å². The third-order valence-corrected chi connectivity index (χ3v) is 6.63. The lowest BCUT2D eigenvalue weighted by Crippen LogP contribution is -2.37. The number of hydrogen-bond acceptors (Lipinski definition) is 6. The van der Waals surface area contributed by atoms with Crippen LogP contribution in [0.5, 0.6) is 0 Å². The third kappa shape index (κ3) is 4.16. The Morgan fingerprint density at radius 2 is 1.85 bits per heavy atom. The molecule has 34 heavy (non-hydrogen) atoms. The molecule has 1 amide bonds. The van der Waals surface area contributed by atoms with Crippen LogP contribution in [0.4, 0.5) is 5.95 Å². The summed E-state index contributed by atoms with van der Waals surface area (Å²) in [7, 11) is 0. The van der Waals surface area contributed by atoms with Gasteiger partial charge in [0.2, 0.25) is 5.95 Å². The van der Waals surface area contributed by atoms with Crippen LogP contribution in [0.1, 0.15) is 32.9 Å². The van der Waals surface area contributed by atoms with Crippen LogP contribution in [0.3, 0.4) is 0 Å². The minimum absolute atomic E-state index is 0.0575. The Morgan fingerprint density at radius 3 is 2.65 bits per heavy atom. The number of amides is 1. The lowest BCUT2D eigenvalue weighted by molar-refractivity contribution is 0.0728. The van der Waals surface area contributed by atoms with Crippen molar-refractivity contribution in [1.82, 2.24) is 34.0 Å². The zero-order chi connectivity index (χ0) is 22.9. The van der Waals surface area contributed by atoms with E-state index in [0.717, 1.165) is 37.2 Å². The van der Waals surface area contributed by atoms with Crippen molar-refractivity contribution in [3.05, 3.63) is 89.8 Å². The molecule has 3 aromatic heterocycles. The van der Waals surface area contributed by atoms with Crippen molar-refractivity contribution in [2.45, 2.75) is 44.9 Å². The van der Waals surface area contributed by atoms with Gasteiger partial charge in [0.1, 0.15) is 5.69 Å². The van der Waals surface area contributed by atoms with E-state index < -0.39 is 0 Å². The van der Waals surface area contributed by atoms with E-state index in [-0.39, 0.29) is 5.91 Å². The van der Waals surface area contributed by atoms with Gasteiger partial charge in [-0.25, -0.2) is 19.9 Å². The highest BCUT2D eigenvalue weighted by Crippen LogP contribution is 2.25. The summed E-state index contributed by atoms with van der Waals surface area (Å²) in [4.78, 5) is 32.6. The number of fused-ring (bicyclic) bond motifs is 2. The van der Waals surface area contributed by atoms with Gasteiger partial charge in [0, 0.05) is 69.0 Å². The second-order valence-corrected chi connectivity index (χ2v) is 8.96. The predicted molar refractivity (Wildman–Crippen MR) is 126 cm³/mol. The summed E-state index contributed by atoms with van der Waals surface area (Å²) in [6, 6.07) is 8.89. The van der Waals surface area contributed by atoms with Crippen molar-refractivity contribution in [2.24, 2.45) is 0 Å². The molecule has 172 valence electrons. The molecule has 0 saturated heterocycles. The van der Waals surface area contributed by atoms with E-state index in [1.54, 1.807) is 18.9 Å². The molecule has 2 aliphatic rings. The Balaban J connectivity index is 1.07. The van der Waals surface area contributed by atoms with Crippen LogP contribution in [0.2, 0.25) is 0 Å². The first kappa shape index (κ1) is 20.6. The van der Waals surface area contributed by atoms with Crippen molar-refractivity contribution in [2.75, 3.05) is 11.9 Å². The van der Waals surface area contributed by atoms with E-state index in [4.69, 9.17) is 4.98 Å². The van der Waals surface area contributed by atoms with Gasteiger partial charge in [0.15, 0.2) is 0 Å². The maximum atomic E-state index is 13.0. The molecule has 9 heteroatoms. The second kappa shape index (κ2) is 8.74. The SMILES string of the molecule is O=C(c1cn(CCn2ccnc2)cn1)N1CCc2nc(NC3Cc4ccccc4C3)ncc2C1. The lowest BCUT2D eigenvalue weighted by Gasteiger charge is -2.27. The molecule has 4 heterocycles. The molecule has 9 nitrogen and oxygen atoms in total. The highest BCUT2D eigenvalue weighted by Gasteiger charge is 2.26.